The third kappa shape index (κ3) is 3.69. The van der Waals surface area contributed by atoms with E-state index in [-0.39, 0.29) is 0 Å². The van der Waals surface area contributed by atoms with Crippen LogP contribution in [0, 0.1) is 0 Å². The van der Waals surface area contributed by atoms with E-state index in [0.717, 1.165) is 18.3 Å². The summed E-state index contributed by atoms with van der Waals surface area (Å²) in [5.74, 6) is 4.00. The van der Waals surface area contributed by atoms with E-state index in [1.54, 1.807) is 0 Å². The lowest BCUT2D eigenvalue weighted by Gasteiger charge is -2.39. The zero-order valence-electron chi connectivity index (χ0n) is 11.3. The lowest BCUT2D eigenvalue weighted by atomic mass is 10.0. The Balaban J connectivity index is 1.66. The topological polar surface area (TPSA) is 15.3 Å². The van der Waals surface area contributed by atoms with Gasteiger partial charge in [0.05, 0.1) is 0 Å². The molecule has 4 heteroatoms. The van der Waals surface area contributed by atoms with E-state index in [0.29, 0.717) is 6.04 Å². The number of piperazine rings is 1. The highest BCUT2D eigenvalue weighted by atomic mass is 32.2. The predicted molar refractivity (Wildman–Crippen MR) is 87.2 cm³/mol. The fraction of sp³-hybridized carbons (Fsp3) is 0.600. The van der Waals surface area contributed by atoms with Crippen molar-refractivity contribution in [3.8, 4) is 0 Å². The summed E-state index contributed by atoms with van der Waals surface area (Å²) < 4.78 is 0. The van der Waals surface area contributed by atoms with Crippen molar-refractivity contribution in [3.05, 3.63) is 35.9 Å². The van der Waals surface area contributed by atoms with E-state index >= 15 is 0 Å². The minimum absolute atomic E-state index is 0.558. The Labute approximate surface area is 124 Å². The quantitative estimate of drug-likeness (QED) is 0.921. The predicted octanol–water partition coefficient (Wildman–Crippen LogP) is 2.48. The van der Waals surface area contributed by atoms with Crippen molar-refractivity contribution >= 4 is 23.5 Å². The van der Waals surface area contributed by atoms with Gasteiger partial charge in [-0.15, -0.1) is 0 Å². The molecule has 2 fully saturated rings. The number of benzene rings is 1. The van der Waals surface area contributed by atoms with Crippen molar-refractivity contribution in [2.45, 2.75) is 11.3 Å². The normalized spacial score (nSPS) is 29.3. The minimum Gasteiger partial charge on any atom is -0.314 e. The lowest BCUT2D eigenvalue weighted by molar-refractivity contribution is 0.165. The lowest BCUT2D eigenvalue weighted by Crippen LogP contribution is -2.48. The van der Waals surface area contributed by atoms with Crippen molar-refractivity contribution in [1.29, 1.82) is 0 Å². The van der Waals surface area contributed by atoms with Gasteiger partial charge >= 0.3 is 0 Å². The van der Waals surface area contributed by atoms with Crippen molar-refractivity contribution in [3.63, 3.8) is 0 Å². The number of nitrogens with one attached hydrogen (secondary N) is 1. The van der Waals surface area contributed by atoms with Crippen LogP contribution in [0.4, 0.5) is 0 Å². The number of nitrogens with zero attached hydrogens (tertiary/aromatic N) is 1. The monoisotopic (exact) mass is 294 g/mol. The molecule has 1 aromatic carbocycles. The molecular formula is C15H22N2S2. The highest BCUT2D eigenvalue weighted by Crippen LogP contribution is 2.28. The maximum Gasteiger partial charge on any atom is 0.0473 e. The van der Waals surface area contributed by atoms with Crippen LogP contribution in [0.2, 0.25) is 0 Å². The molecule has 2 atom stereocenters. The van der Waals surface area contributed by atoms with Gasteiger partial charge in [0, 0.05) is 54.7 Å². The number of hydrogen-bond donors (Lipinski definition) is 1. The van der Waals surface area contributed by atoms with E-state index < -0.39 is 0 Å². The summed E-state index contributed by atoms with van der Waals surface area (Å²) in [6, 6.07) is 11.5. The average molecular weight is 294 g/mol. The van der Waals surface area contributed by atoms with Crippen LogP contribution in [0.25, 0.3) is 0 Å². The Morgan fingerprint density at radius 2 is 2.11 bits per heavy atom. The first-order valence-electron chi connectivity index (χ1n) is 7.12. The molecule has 0 radical (unpaired) electrons. The van der Waals surface area contributed by atoms with Gasteiger partial charge in [0.15, 0.2) is 0 Å². The van der Waals surface area contributed by atoms with Crippen LogP contribution in [0.1, 0.15) is 11.6 Å². The smallest absolute Gasteiger partial charge is 0.0473 e. The third-order valence-corrected chi connectivity index (χ3v) is 6.69. The summed E-state index contributed by atoms with van der Waals surface area (Å²) in [6.07, 6.45) is 0. The fourth-order valence-electron chi connectivity index (χ4n) is 2.87. The number of hydrogen-bond acceptors (Lipinski definition) is 4. The average Bonchev–Trinajstić information content (AvgIpc) is 2.50. The Morgan fingerprint density at radius 3 is 2.89 bits per heavy atom. The van der Waals surface area contributed by atoms with Crippen LogP contribution in [0.15, 0.2) is 30.3 Å². The summed E-state index contributed by atoms with van der Waals surface area (Å²) in [5, 5.41) is 4.37. The van der Waals surface area contributed by atoms with Crippen LogP contribution >= 0.6 is 23.5 Å². The van der Waals surface area contributed by atoms with Gasteiger partial charge in [0.25, 0.3) is 0 Å². The van der Waals surface area contributed by atoms with Crippen LogP contribution in [0.5, 0.6) is 0 Å². The fourth-order valence-corrected chi connectivity index (χ4v) is 5.57. The first-order valence-corrected chi connectivity index (χ1v) is 9.33. The summed E-state index contributed by atoms with van der Waals surface area (Å²) in [6.45, 7) is 4.66. The van der Waals surface area contributed by atoms with E-state index in [1.165, 1.54) is 35.9 Å². The van der Waals surface area contributed by atoms with Crippen molar-refractivity contribution < 1.29 is 0 Å². The van der Waals surface area contributed by atoms with Gasteiger partial charge in [-0.1, -0.05) is 30.3 Å². The Bertz CT molecular complexity index is 379. The molecule has 0 aliphatic carbocycles. The SMILES string of the molecule is c1ccc(C2CNCCN2CC2CSCCS2)cc1. The standard InChI is InChI=1S/C15H22N2S2/c1-2-4-13(5-3-1)15-10-16-6-7-17(15)11-14-12-18-8-9-19-14/h1-5,14-16H,6-12H2. The van der Waals surface area contributed by atoms with Crippen molar-refractivity contribution in [1.82, 2.24) is 10.2 Å². The van der Waals surface area contributed by atoms with Crippen molar-refractivity contribution in [2.75, 3.05) is 43.4 Å². The first kappa shape index (κ1) is 13.8. The highest BCUT2D eigenvalue weighted by molar-refractivity contribution is 8.06. The van der Waals surface area contributed by atoms with E-state index in [2.05, 4.69) is 64.1 Å². The second-order valence-corrected chi connectivity index (χ2v) is 7.75. The Morgan fingerprint density at radius 1 is 1.21 bits per heavy atom. The molecule has 0 saturated carbocycles. The zero-order valence-corrected chi connectivity index (χ0v) is 12.9. The number of rotatable bonds is 3. The maximum absolute atomic E-state index is 3.55. The van der Waals surface area contributed by atoms with Crippen molar-refractivity contribution in [2.24, 2.45) is 0 Å². The van der Waals surface area contributed by atoms with Crippen LogP contribution < -0.4 is 5.32 Å². The number of thioether (sulfide) groups is 2. The third-order valence-electron chi connectivity index (χ3n) is 3.86. The first-order chi connectivity index (χ1) is 9.43. The molecule has 2 nitrogen and oxygen atoms in total. The molecule has 104 valence electrons. The Hall–Kier alpha value is -0.160. The summed E-state index contributed by atoms with van der Waals surface area (Å²) in [7, 11) is 0. The molecule has 1 N–H and O–H groups in total. The molecule has 3 rings (SSSR count). The Kier molecular flexibility index (Phi) is 5.10. The largest absolute Gasteiger partial charge is 0.314 e. The van der Waals surface area contributed by atoms with Gasteiger partial charge in [0.1, 0.15) is 0 Å². The van der Waals surface area contributed by atoms with E-state index in [4.69, 9.17) is 0 Å². The molecule has 2 aliphatic rings. The van der Waals surface area contributed by atoms with Crippen LogP contribution in [-0.2, 0) is 0 Å². The molecular weight excluding hydrogens is 272 g/mol. The summed E-state index contributed by atoms with van der Waals surface area (Å²) in [4.78, 5) is 2.69. The maximum atomic E-state index is 3.55. The summed E-state index contributed by atoms with van der Waals surface area (Å²) >= 11 is 4.30. The van der Waals surface area contributed by atoms with Gasteiger partial charge in [0.2, 0.25) is 0 Å². The van der Waals surface area contributed by atoms with Gasteiger partial charge < -0.3 is 5.32 Å². The molecule has 0 aromatic heterocycles. The van der Waals surface area contributed by atoms with Gasteiger partial charge in [-0.3, -0.25) is 4.90 Å². The van der Waals surface area contributed by atoms with E-state index in [1.807, 2.05) is 0 Å². The molecule has 0 spiro atoms. The minimum atomic E-state index is 0.558. The molecule has 19 heavy (non-hydrogen) atoms. The second-order valence-electron chi connectivity index (χ2n) is 5.19. The second kappa shape index (κ2) is 7.02. The summed E-state index contributed by atoms with van der Waals surface area (Å²) in [5.41, 5.74) is 1.46. The molecule has 1 aromatic rings. The van der Waals surface area contributed by atoms with E-state index in [9.17, 15) is 0 Å². The molecule has 0 bridgehead atoms. The highest BCUT2D eigenvalue weighted by Gasteiger charge is 2.26. The zero-order chi connectivity index (χ0) is 12.9. The van der Waals surface area contributed by atoms with Crippen LogP contribution in [0.3, 0.4) is 0 Å². The molecule has 2 heterocycles. The molecule has 2 aliphatic heterocycles. The molecule has 2 saturated heterocycles. The van der Waals surface area contributed by atoms with Gasteiger partial charge in [-0.25, -0.2) is 0 Å². The van der Waals surface area contributed by atoms with Gasteiger partial charge in [-0.2, -0.15) is 23.5 Å². The molecule has 0 amide bonds. The van der Waals surface area contributed by atoms with Crippen LogP contribution in [-0.4, -0.2) is 53.6 Å². The van der Waals surface area contributed by atoms with Gasteiger partial charge in [-0.05, 0) is 5.56 Å². The molecule has 2 unspecified atom stereocenters.